The highest BCUT2D eigenvalue weighted by Gasteiger charge is 2.48. The number of aliphatic carboxylic acids is 1. The molecule has 0 radical (unpaired) electrons. The quantitative estimate of drug-likeness (QED) is 0.847. The van der Waals surface area contributed by atoms with Crippen molar-refractivity contribution in [2.75, 3.05) is 0 Å². The van der Waals surface area contributed by atoms with Crippen molar-refractivity contribution >= 4 is 33.5 Å². The molecule has 0 bridgehead atoms. The first-order valence-electron chi connectivity index (χ1n) is 8.10. The lowest BCUT2D eigenvalue weighted by Gasteiger charge is -2.32. The number of fused-ring (bicyclic) bond motifs is 2. The largest absolute Gasteiger partial charge is 0.480 e. The van der Waals surface area contributed by atoms with Gasteiger partial charge in [-0.05, 0) is 41.1 Å². The molecule has 4 rings (SSSR count). The van der Waals surface area contributed by atoms with Gasteiger partial charge in [-0.3, -0.25) is 4.79 Å². The van der Waals surface area contributed by atoms with E-state index in [1.54, 1.807) is 17.3 Å². The molecule has 1 saturated heterocycles. The van der Waals surface area contributed by atoms with Crippen LogP contribution in [0.2, 0.25) is 0 Å². The van der Waals surface area contributed by atoms with E-state index in [9.17, 15) is 14.7 Å². The van der Waals surface area contributed by atoms with Crippen LogP contribution in [0.5, 0.6) is 0 Å². The monoisotopic (exact) mass is 392 g/mol. The van der Waals surface area contributed by atoms with Crippen LogP contribution in [-0.2, 0) is 4.79 Å². The second-order valence-corrected chi connectivity index (χ2v) is 7.43. The van der Waals surface area contributed by atoms with E-state index in [2.05, 4.69) is 26.0 Å². The zero-order valence-electron chi connectivity index (χ0n) is 12.9. The Morgan fingerprint density at radius 3 is 2.83 bits per heavy atom. The summed E-state index contributed by atoms with van der Waals surface area (Å²) in [6, 6.07) is -0.742. The normalized spacial score (nSPS) is 26.5. The van der Waals surface area contributed by atoms with Gasteiger partial charge < -0.3 is 10.0 Å². The molecule has 7 nitrogen and oxygen atoms in total. The molecule has 1 aliphatic carbocycles. The third kappa shape index (κ3) is 2.40. The summed E-state index contributed by atoms with van der Waals surface area (Å²) in [6.07, 6.45) is 9.38. The highest BCUT2D eigenvalue weighted by atomic mass is 79.9. The van der Waals surface area contributed by atoms with Crippen LogP contribution in [0, 0.1) is 5.92 Å². The standard InChI is InChI=1S/C16H17BrN4O3/c17-10-6-18-14-11(7-19-20(14)8-10)15(22)21-12-4-2-1-3-9(12)5-13(21)16(23)24/h6-9,12-13H,1-5H2,(H,23,24). The first-order valence-corrected chi connectivity index (χ1v) is 8.90. The van der Waals surface area contributed by atoms with Gasteiger partial charge in [0.2, 0.25) is 0 Å². The van der Waals surface area contributed by atoms with Gasteiger partial charge in [0.15, 0.2) is 5.65 Å². The number of rotatable bonds is 2. The van der Waals surface area contributed by atoms with Gasteiger partial charge >= 0.3 is 5.97 Å². The molecule has 0 aromatic carbocycles. The van der Waals surface area contributed by atoms with Crippen LogP contribution in [0.25, 0.3) is 5.65 Å². The van der Waals surface area contributed by atoms with E-state index in [4.69, 9.17) is 0 Å². The lowest BCUT2D eigenvalue weighted by molar-refractivity contribution is -0.141. The van der Waals surface area contributed by atoms with E-state index >= 15 is 0 Å². The predicted molar refractivity (Wildman–Crippen MR) is 88.6 cm³/mol. The minimum atomic E-state index is -0.926. The van der Waals surface area contributed by atoms with Crippen LogP contribution >= 0.6 is 15.9 Å². The third-order valence-corrected chi connectivity index (χ3v) is 5.57. The number of carbonyl (C=O) groups is 2. The van der Waals surface area contributed by atoms with E-state index in [1.807, 2.05) is 0 Å². The molecule has 3 heterocycles. The molecule has 0 spiro atoms. The van der Waals surface area contributed by atoms with Crippen LogP contribution in [0.4, 0.5) is 0 Å². The van der Waals surface area contributed by atoms with Gasteiger partial charge in [-0.25, -0.2) is 14.3 Å². The number of carbonyl (C=O) groups excluding carboxylic acids is 1. The molecule has 2 aliphatic rings. The molecule has 2 fully saturated rings. The van der Waals surface area contributed by atoms with Crippen molar-refractivity contribution < 1.29 is 14.7 Å². The zero-order valence-corrected chi connectivity index (χ0v) is 14.5. The third-order valence-electron chi connectivity index (χ3n) is 5.16. The fourth-order valence-electron chi connectivity index (χ4n) is 4.11. The average Bonchev–Trinajstić information content (AvgIpc) is 3.15. The molecular weight excluding hydrogens is 376 g/mol. The van der Waals surface area contributed by atoms with Crippen LogP contribution in [0.1, 0.15) is 42.5 Å². The fraction of sp³-hybridized carbons (Fsp3) is 0.500. The second kappa shape index (κ2) is 5.84. The lowest BCUT2D eigenvalue weighted by atomic mass is 9.84. The van der Waals surface area contributed by atoms with Crippen molar-refractivity contribution in [3.8, 4) is 0 Å². The number of carboxylic acid groups (broad SMARTS) is 1. The van der Waals surface area contributed by atoms with E-state index in [0.29, 0.717) is 17.6 Å². The van der Waals surface area contributed by atoms with E-state index in [-0.39, 0.29) is 17.9 Å². The van der Waals surface area contributed by atoms with Crippen LogP contribution in [0.15, 0.2) is 23.1 Å². The van der Waals surface area contributed by atoms with Gasteiger partial charge in [0.25, 0.3) is 5.91 Å². The van der Waals surface area contributed by atoms with Crippen molar-refractivity contribution in [3.05, 3.63) is 28.6 Å². The summed E-state index contributed by atoms with van der Waals surface area (Å²) in [6.45, 7) is 0. The van der Waals surface area contributed by atoms with Gasteiger partial charge in [0.05, 0.1) is 10.7 Å². The van der Waals surface area contributed by atoms with E-state index in [0.717, 1.165) is 30.2 Å². The summed E-state index contributed by atoms with van der Waals surface area (Å²) in [5, 5.41) is 13.8. The first-order chi connectivity index (χ1) is 11.6. The maximum absolute atomic E-state index is 13.1. The molecule has 1 saturated carbocycles. The van der Waals surface area contributed by atoms with Gasteiger partial charge in [0.1, 0.15) is 11.6 Å². The molecule has 1 amide bonds. The van der Waals surface area contributed by atoms with Gasteiger partial charge in [-0.1, -0.05) is 12.8 Å². The Balaban J connectivity index is 1.74. The van der Waals surface area contributed by atoms with Crippen molar-refractivity contribution in [2.24, 2.45) is 5.92 Å². The molecule has 2 aromatic heterocycles. The molecule has 24 heavy (non-hydrogen) atoms. The molecule has 3 atom stereocenters. The second-order valence-electron chi connectivity index (χ2n) is 6.51. The Hall–Kier alpha value is -1.96. The lowest BCUT2D eigenvalue weighted by Crippen LogP contribution is -2.46. The Kier molecular flexibility index (Phi) is 3.79. The number of carboxylic acids is 1. The van der Waals surface area contributed by atoms with Gasteiger partial charge in [-0.15, -0.1) is 0 Å². The highest BCUT2D eigenvalue weighted by molar-refractivity contribution is 9.10. The smallest absolute Gasteiger partial charge is 0.326 e. The Labute approximate surface area is 146 Å². The highest BCUT2D eigenvalue weighted by Crippen LogP contribution is 2.40. The summed E-state index contributed by atoms with van der Waals surface area (Å²) < 4.78 is 2.29. The zero-order chi connectivity index (χ0) is 16.8. The Morgan fingerprint density at radius 2 is 2.04 bits per heavy atom. The summed E-state index contributed by atoms with van der Waals surface area (Å²) in [5.41, 5.74) is 0.812. The van der Waals surface area contributed by atoms with Crippen molar-refractivity contribution in [1.29, 1.82) is 0 Å². The molecule has 126 valence electrons. The molecule has 1 aliphatic heterocycles. The maximum atomic E-state index is 13.1. The van der Waals surface area contributed by atoms with Crippen molar-refractivity contribution in [2.45, 2.75) is 44.2 Å². The fourth-order valence-corrected chi connectivity index (χ4v) is 4.41. The Bertz CT molecular complexity index is 821. The van der Waals surface area contributed by atoms with E-state index < -0.39 is 12.0 Å². The molecular formula is C16H17BrN4O3. The number of halogens is 1. The van der Waals surface area contributed by atoms with Crippen LogP contribution < -0.4 is 0 Å². The van der Waals surface area contributed by atoms with Gasteiger partial charge in [-0.2, -0.15) is 5.10 Å². The SMILES string of the molecule is O=C(O)C1CC2CCCCC2N1C(=O)c1cnn2cc(Br)cnc12. The van der Waals surface area contributed by atoms with Crippen molar-refractivity contribution in [3.63, 3.8) is 0 Å². The topological polar surface area (TPSA) is 87.8 Å². The van der Waals surface area contributed by atoms with Crippen molar-refractivity contribution in [1.82, 2.24) is 19.5 Å². The number of hydrogen-bond donors (Lipinski definition) is 1. The van der Waals surface area contributed by atoms with Crippen LogP contribution in [0.3, 0.4) is 0 Å². The predicted octanol–water partition coefficient (Wildman–Crippen LogP) is 2.35. The molecule has 2 aromatic rings. The maximum Gasteiger partial charge on any atom is 0.326 e. The summed E-state index contributed by atoms with van der Waals surface area (Å²) >= 11 is 3.32. The number of likely N-dealkylation sites (tertiary alicyclic amines) is 1. The van der Waals surface area contributed by atoms with E-state index in [1.165, 1.54) is 10.7 Å². The van der Waals surface area contributed by atoms with Crippen LogP contribution in [-0.4, -0.2) is 48.6 Å². The van der Waals surface area contributed by atoms with Gasteiger partial charge in [0, 0.05) is 18.4 Å². The molecule has 8 heteroatoms. The summed E-state index contributed by atoms with van der Waals surface area (Å²) in [5.74, 6) is -0.917. The number of aromatic nitrogens is 3. The minimum absolute atomic E-state index is 0.0118. The molecule has 1 N–H and O–H groups in total. The number of hydrogen-bond acceptors (Lipinski definition) is 4. The minimum Gasteiger partial charge on any atom is -0.480 e. The summed E-state index contributed by atoms with van der Waals surface area (Å²) in [7, 11) is 0. The first kappa shape index (κ1) is 15.6. The number of amides is 1. The summed E-state index contributed by atoms with van der Waals surface area (Å²) in [4.78, 5) is 30.7. The Morgan fingerprint density at radius 1 is 1.25 bits per heavy atom. The molecule has 3 unspecified atom stereocenters. The number of nitrogens with zero attached hydrogens (tertiary/aromatic N) is 4. The average molecular weight is 393 g/mol.